The molecule has 0 radical (unpaired) electrons. The Morgan fingerprint density at radius 2 is 0.761 bits per heavy atom. The third-order valence-electron chi connectivity index (χ3n) is 16.0. The van der Waals surface area contributed by atoms with E-state index in [2.05, 4.69) is 269 Å². The maximum absolute atomic E-state index is 2.57. The summed E-state index contributed by atoms with van der Waals surface area (Å²) in [5, 5.41) is 5.02. The molecular weight excluding hydrogens is 857 g/mol. The van der Waals surface area contributed by atoms with Crippen LogP contribution in [-0.2, 0) is 16.2 Å². The van der Waals surface area contributed by atoms with Crippen LogP contribution in [0.15, 0.2) is 218 Å². The largest absolute Gasteiger partial charge is 0.309 e. The Morgan fingerprint density at radius 3 is 1.32 bits per heavy atom. The summed E-state index contributed by atoms with van der Waals surface area (Å²) in [7, 11) is 0. The van der Waals surface area contributed by atoms with Gasteiger partial charge in [0.05, 0.1) is 27.5 Å². The number of hydrogen-bond donors (Lipinski definition) is 0. The predicted octanol–water partition coefficient (Wildman–Crippen LogP) is 18.2. The van der Waals surface area contributed by atoms with Gasteiger partial charge in [0, 0.05) is 32.9 Å². The van der Waals surface area contributed by atoms with Crippen LogP contribution in [0.4, 0.5) is 0 Å². The van der Waals surface area contributed by atoms with Gasteiger partial charge in [0.2, 0.25) is 0 Å². The molecular formula is C69H54N2. The summed E-state index contributed by atoms with van der Waals surface area (Å²) >= 11 is 0. The monoisotopic (exact) mass is 910 g/mol. The summed E-state index contributed by atoms with van der Waals surface area (Å²) in [4.78, 5) is 0. The van der Waals surface area contributed by atoms with Crippen molar-refractivity contribution < 1.29 is 0 Å². The molecule has 0 bridgehead atoms. The average molecular weight is 911 g/mol. The van der Waals surface area contributed by atoms with Gasteiger partial charge in [0.1, 0.15) is 0 Å². The molecule has 2 aliphatic rings. The molecule has 0 saturated heterocycles. The molecule has 2 aliphatic carbocycles. The quantitative estimate of drug-likeness (QED) is 0.167. The molecule has 71 heavy (non-hydrogen) atoms. The Balaban J connectivity index is 0.930. The molecule has 340 valence electrons. The van der Waals surface area contributed by atoms with Gasteiger partial charge in [-0.1, -0.05) is 193 Å². The Kier molecular flexibility index (Phi) is 8.76. The zero-order valence-corrected chi connectivity index (χ0v) is 41.2. The summed E-state index contributed by atoms with van der Waals surface area (Å²) in [6.07, 6.45) is 0. The van der Waals surface area contributed by atoms with E-state index in [1.807, 2.05) is 0 Å². The van der Waals surface area contributed by atoms with Gasteiger partial charge >= 0.3 is 0 Å². The van der Waals surface area contributed by atoms with Crippen LogP contribution in [0.3, 0.4) is 0 Å². The first kappa shape index (κ1) is 41.7. The Labute approximate surface area is 416 Å². The molecule has 10 aromatic carbocycles. The molecule has 0 fully saturated rings. The standard InChI is InChI=1S/C69H54N2/c1-67(2,3)46-32-35-54-60(41-46)69(58-24-14-10-20-50(58)51-21-11-15-25-59(51)69)61-42-47(68(4,5)6)40-55(66(54)61)43-28-33-49(34-29-43)71-63-27-17-13-23-53(63)57-39-45(31-37-65(57)71)44-30-36-64-56(38-44)52-22-12-16-26-62(52)70(64)48-18-8-7-9-19-48/h7-42H,1-6H3. The van der Waals surface area contributed by atoms with Crippen molar-refractivity contribution in [1.29, 1.82) is 0 Å². The van der Waals surface area contributed by atoms with E-state index in [0.717, 1.165) is 5.69 Å². The molecule has 0 atom stereocenters. The zero-order chi connectivity index (χ0) is 48.0. The molecule has 0 saturated carbocycles. The van der Waals surface area contributed by atoms with E-state index >= 15 is 0 Å². The Hall–Kier alpha value is -8.20. The number of fused-ring (bicyclic) bond motifs is 16. The Bertz CT molecular complexity index is 4120. The summed E-state index contributed by atoms with van der Waals surface area (Å²) in [6.45, 7) is 14.1. The predicted molar refractivity (Wildman–Crippen MR) is 300 cm³/mol. The van der Waals surface area contributed by atoms with Crippen molar-refractivity contribution >= 4 is 43.6 Å². The molecule has 0 aliphatic heterocycles. The second kappa shape index (κ2) is 14.9. The highest BCUT2D eigenvalue weighted by Crippen LogP contribution is 2.65. The number of hydrogen-bond acceptors (Lipinski definition) is 0. The van der Waals surface area contributed by atoms with E-state index in [-0.39, 0.29) is 10.8 Å². The van der Waals surface area contributed by atoms with Crippen LogP contribution in [-0.4, -0.2) is 9.13 Å². The maximum atomic E-state index is 2.57. The number of rotatable bonds is 4. The van der Waals surface area contributed by atoms with Crippen molar-refractivity contribution in [2.75, 3.05) is 0 Å². The average Bonchev–Trinajstić information content (AvgIpc) is 4.10. The fourth-order valence-electron chi connectivity index (χ4n) is 12.6. The molecule has 2 heterocycles. The van der Waals surface area contributed by atoms with Crippen LogP contribution in [0.1, 0.15) is 74.9 Å². The maximum Gasteiger partial charge on any atom is 0.0725 e. The lowest BCUT2D eigenvalue weighted by Crippen LogP contribution is -2.27. The van der Waals surface area contributed by atoms with Gasteiger partial charge in [-0.3, -0.25) is 0 Å². The molecule has 0 N–H and O–H groups in total. The SMILES string of the molecule is CC(C)(C)c1ccc2c(c1)C1(c3ccccc3-c3ccccc31)c1cc(C(C)(C)C)cc(-c3ccc(-n4c5ccccc5c5cc(-c6ccc7c(c6)c6ccccc6n7-c6ccccc6)ccc54)cc3)c1-2. The van der Waals surface area contributed by atoms with Gasteiger partial charge in [-0.05, 0) is 155 Å². The van der Waals surface area contributed by atoms with E-state index in [1.165, 1.54) is 127 Å². The van der Waals surface area contributed by atoms with Crippen LogP contribution in [0.25, 0.3) is 99.5 Å². The van der Waals surface area contributed by atoms with Crippen molar-refractivity contribution in [3.05, 3.63) is 252 Å². The molecule has 2 nitrogen and oxygen atoms in total. The van der Waals surface area contributed by atoms with E-state index in [9.17, 15) is 0 Å². The van der Waals surface area contributed by atoms with E-state index in [1.54, 1.807) is 0 Å². The lowest BCUT2D eigenvalue weighted by atomic mass is 9.68. The van der Waals surface area contributed by atoms with Gasteiger partial charge in [-0.15, -0.1) is 0 Å². The number of para-hydroxylation sites is 3. The summed E-state index contributed by atoms with van der Waals surface area (Å²) in [5.74, 6) is 0. The minimum absolute atomic E-state index is 0.00792. The zero-order valence-electron chi connectivity index (χ0n) is 41.2. The molecule has 14 rings (SSSR count). The summed E-state index contributed by atoms with van der Waals surface area (Å²) < 4.78 is 4.84. The van der Waals surface area contributed by atoms with Gasteiger partial charge in [-0.2, -0.15) is 0 Å². The van der Waals surface area contributed by atoms with Crippen LogP contribution in [0, 0.1) is 0 Å². The van der Waals surface area contributed by atoms with E-state index < -0.39 is 5.41 Å². The first-order valence-corrected chi connectivity index (χ1v) is 25.3. The molecule has 12 aromatic rings. The molecule has 0 amide bonds. The van der Waals surface area contributed by atoms with Gasteiger partial charge in [-0.25, -0.2) is 0 Å². The highest BCUT2D eigenvalue weighted by Gasteiger charge is 2.53. The van der Waals surface area contributed by atoms with Crippen LogP contribution < -0.4 is 0 Å². The topological polar surface area (TPSA) is 9.86 Å². The van der Waals surface area contributed by atoms with Gasteiger partial charge in [0.15, 0.2) is 0 Å². The van der Waals surface area contributed by atoms with Crippen molar-refractivity contribution in [1.82, 2.24) is 9.13 Å². The third kappa shape index (κ3) is 5.95. The number of benzene rings is 10. The molecule has 1 spiro atoms. The summed E-state index contributed by atoms with van der Waals surface area (Å²) in [6, 6.07) is 82.6. The minimum atomic E-state index is -0.441. The molecule has 2 aromatic heterocycles. The molecule has 0 unspecified atom stereocenters. The fourth-order valence-corrected chi connectivity index (χ4v) is 12.6. The minimum Gasteiger partial charge on any atom is -0.309 e. The number of nitrogens with zero attached hydrogens (tertiary/aromatic N) is 2. The molecule has 2 heteroatoms. The van der Waals surface area contributed by atoms with Crippen LogP contribution in [0.5, 0.6) is 0 Å². The third-order valence-corrected chi connectivity index (χ3v) is 16.0. The van der Waals surface area contributed by atoms with Gasteiger partial charge in [0.25, 0.3) is 0 Å². The van der Waals surface area contributed by atoms with Gasteiger partial charge < -0.3 is 9.13 Å². The lowest BCUT2D eigenvalue weighted by molar-refractivity contribution is 0.586. The van der Waals surface area contributed by atoms with Crippen LogP contribution >= 0.6 is 0 Å². The fraction of sp³-hybridized carbons (Fsp3) is 0.130. The van der Waals surface area contributed by atoms with Crippen molar-refractivity contribution in [2.24, 2.45) is 0 Å². The smallest absolute Gasteiger partial charge is 0.0725 e. The second-order valence-corrected chi connectivity index (χ2v) is 22.1. The van der Waals surface area contributed by atoms with Crippen molar-refractivity contribution in [2.45, 2.75) is 57.8 Å². The van der Waals surface area contributed by atoms with E-state index in [4.69, 9.17) is 0 Å². The Morgan fingerprint density at radius 1 is 0.296 bits per heavy atom. The normalized spacial score (nSPS) is 13.6. The van der Waals surface area contributed by atoms with Crippen molar-refractivity contribution in [3.8, 4) is 55.9 Å². The lowest BCUT2D eigenvalue weighted by Gasteiger charge is -2.33. The van der Waals surface area contributed by atoms with Crippen LogP contribution in [0.2, 0.25) is 0 Å². The number of aromatic nitrogens is 2. The van der Waals surface area contributed by atoms with Crippen molar-refractivity contribution in [3.63, 3.8) is 0 Å². The van der Waals surface area contributed by atoms with E-state index in [0.29, 0.717) is 0 Å². The highest BCUT2D eigenvalue weighted by atomic mass is 15.0. The second-order valence-electron chi connectivity index (χ2n) is 22.1. The first-order valence-electron chi connectivity index (χ1n) is 25.3. The first-order chi connectivity index (χ1) is 34.5. The highest BCUT2D eigenvalue weighted by molar-refractivity contribution is 6.13. The summed E-state index contributed by atoms with van der Waals surface area (Å²) in [5.41, 5.74) is 25.2.